The lowest BCUT2D eigenvalue weighted by Gasteiger charge is -2.12. The van der Waals surface area contributed by atoms with Gasteiger partial charge in [0.15, 0.2) is 11.5 Å². The van der Waals surface area contributed by atoms with E-state index in [-0.39, 0.29) is 6.04 Å². The lowest BCUT2D eigenvalue weighted by Crippen LogP contribution is -2.11. The fourth-order valence-corrected chi connectivity index (χ4v) is 3.25. The van der Waals surface area contributed by atoms with E-state index in [0.717, 1.165) is 38.3 Å². The van der Waals surface area contributed by atoms with Gasteiger partial charge in [-0.25, -0.2) is 0 Å². The Kier molecular flexibility index (Phi) is 4.91. The Labute approximate surface area is 128 Å². The molecule has 108 valence electrons. The lowest BCUT2D eigenvalue weighted by molar-refractivity contribution is 0.354. The molecule has 0 aliphatic carbocycles. The van der Waals surface area contributed by atoms with Gasteiger partial charge in [-0.2, -0.15) is 0 Å². The molecule has 1 aromatic carbocycles. The van der Waals surface area contributed by atoms with Crippen molar-refractivity contribution in [1.29, 1.82) is 0 Å². The molecule has 2 rings (SSSR count). The number of benzene rings is 1. The van der Waals surface area contributed by atoms with Crippen LogP contribution in [0, 0.1) is 6.92 Å². The zero-order chi connectivity index (χ0) is 14.7. The number of thiophene rings is 1. The Balaban J connectivity index is 2.17. The van der Waals surface area contributed by atoms with Gasteiger partial charge in [0, 0.05) is 10.9 Å². The molecule has 2 N–H and O–H groups in total. The Morgan fingerprint density at radius 1 is 1.20 bits per heavy atom. The van der Waals surface area contributed by atoms with E-state index in [9.17, 15) is 0 Å². The van der Waals surface area contributed by atoms with E-state index in [1.807, 2.05) is 25.1 Å². The molecule has 20 heavy (non-hydrogen) atoms. The summed E-state index contributed by atoms with van der Waals surface area (Å²) in [6.07, 6.45) is 0.733. The number of methoxy groups -OCH3 is 2. The number of nitrogens with two attached hydrogens (primary N) is 1. The quantitative estimate of drug-likeness (QED) is 0.908. The summed E-state index contributed by atoms with van der Waals surface area (Å²) in [6.45, 7) is 1.99. The number of hydrogen-bond acceptors (Lipinski definition) is 4. The monoisotopic (exact) mass is 311 g/mol. The van der Waals surface area contributed by atoms with Crippen LogP contribution in [0.15, 0.2) is 24.3 Å². The van der Waals surface area contributed by atoms with Crippen molar-refractivity contribution in [2.75, 3.05) is 14.2 Å². The second-order valence-electron chi connectivity index (χ2n) is 4.61. The fraction of sp³-hybridized carbons (Fsp3) is 0.333. The number of aryl methyl sites for hydroxylation is 1. The van der Waals surface area contributed by atoms with Crippen molar-refractivity contribution < 1.29 is 9.47 Å². The van der Waals surface area contributed by atoms with Crippen molar-refractivity contribution in [3.05, 3.63) is 44.6 Å². The third kappa shape index (κ3) is 3.26. The molecule has 0 aliphatic heterocycles. The van der Waals surface area contributed by atoms with E-state index < -0.39 is 0 Å². The highest BCUT2D eigenvalue weighted by Crippen LogP contribution is 2.33. The summed E-state index contributed by atoms with van der Waals surface area (Å²) in [4.78, 5) is 1.10. The van der Waals surface area contributed by atoms with Gasteiger partial charge in [-0.1, -0.05) is 17.7 Å². The zero-order valence-corrected chi connectivity index (χ0v) is 13.3. The van der Waals surface area contributed by atoms with Gasteiger partial charge >= 0.3 is 0 Å². The summed E-state index contributed by atoms with van der Waals surface area (Å²) < 4.78 is 11.3. The Morgan fingerprint density at radius 2 is 1.90 bits per heavy atom. The molecule has 2 aromatic rings. The SMILES string of the molecule is COc1ccc(CC(N)c2cc(C)c(Cl)s2)cc1OC. The normalized spacial score (nSPS) is 12.2. The highest BCUT2D eigenvalue weighted by molar-refractivity contribution is 7.16. The van der Waals surface area contributed by atoms with E-state index in [1.165, 1.54) is 0 Å². The summed E-state index contributed by atoms with van der Waals surface area (Å²) in [6, 6.07) is 7.85. The number of rotatable bonds is 5. The first-order chi connectivity index (χ1) is 9.55. The number of ether oxygens (including phenoxy) is 2. The van der Waals surface area contributed by atoms with Gasteiger partial charge in [-0.05, 0) is 42.7 Å². The van der Waals surface area contributed by atoms with Gasteiger partial charge in [0.25, 0.3) is 0 Å². The molecule has 1 unspecified atom stereocenters. The van der Waals surface area contributed by atoms with Crippen molar-refractivity contribution in [3.8, 4) is 11.5 Å². The molecule has 0 amide bonds. The maximum absolute atomic E-state index is 6.25. The predicted molar refractivity (Wildman–Crippen MR) is 84.2 cm³/mol. The minimum atomic E-state index is -0.0655. The second kappa shape index (κ2) is 6.48. The Morgan fingerprint density at radius 3 is 2.45 bits per heavy atom. The molecule has 0 radical (unpaired) electrons. The summed E-state index contributed by atoms with van der Waals surface area (Å²) in [5, 5.41) is 0. The van der Waals surface area contributed by atoms with Gasteiger partial charge in [0.2, 0.25) is 0 Å². The molecule has 0 fully saturated rings. The summed E-state index contributed by atoms with van der Waals surface area (Å²) in [7, 11) is 3.25. The average molecular weight is 312 g/mol. The van der Waals surface area contributed by atoms with Crippen LogP contribution < -0.4 is 15.2 Å². The highest BCUT2D eigenvalue weighted by atomic mass is 35.5. The summed E-state index contributed by atoms with van der Waals surface area (Å²) >= 11 is 7.63. The van der Waals surface area contributed by atoms with Crippen LogP contribution in [0.1, 0.15) is 22.0 Å². The van der Waals surface area contributed by atoms with Crippen LogP contribution in [0.2, 0.25) is 4.34 Å². The van der Waals surface area contributed by atoms with E-state index in [1.54, 1.807) is 25.6 Å². The smallest absolute Gasteiger partial charge is 0.160 e. The minimum absolute atomic E-state index is 0.0655. The van der Waals surface area contributed by atoms with Crippen LogP contribution in [0.5, 0.6) is 11.5 Å². The van der Waals surface area contributed by atoms with Crippen molar-refractivity contribution in [1.82, 2.24) is 0 Å². The van der Waals surface area contributed by atoms with Crippen LogP contribution in [0.4, 0.5) is 0 Å². The van der Waals surface area contributed by atoms with Crippen LogP contribution >= 0.6 is 22.9 Å². The largest absolute Gasteiger partial charge is 0.493 e. The molecule has 1 heterocycles. The molecule has 5 heteroatoms. The third-order valence-electron chi connectivity index (χ3n) is 3.15. The molecule has 0 saturated heterocycles. The van der Waals surface area contributed by atoms with Crippen LogP contribution in [0.25, 0.3) is 0 Å². The predicted octanol–water partition coefficient (Wildman–Crippen LogP) is 3.97. The molecular weight excluding hydrogens is 294 g/mol. The number of halogens is 1. The lowest BCUT2D eigenvalue weighted by atomic mass is 10.0. The molecule has 1 aromatic heterocycles. The fourth-order valence-electron chi connectivity index (χ4n) is 2.03. The molecule has 0 bridgehead atoms. The Hall–Kier alpha value is -1.23. The molecule has 1 atom stereocenters. The van der Waals surface area contributed by atoms with E-state index in [0.29, 0.717) is 0 Å². The number of hydrogen-bond donors (Lipinski definition) is 1. The van der Waals surface area contributed by atoms with Crippen molar-refractivity contribution in [2.24, 2.45) is 5.73 Å². The van der Waals surface area contributed by atoms with Crippen LogP contribution in [0.3, 0.4) is 0 Å². The first-order valence-corrected chi connectivity index (χ1v) is 7.47. The van der Waals surface area contributed by atoms with Crippen LogP contribution in [-0.4, -0.2) is 14.2 Å². The average Bonchev–Trinajstić information content (AvgIpc) is 2.78. The summed E-state index contributed by atoms with van der Waals surface area (Å²) in [5.41, 5.74) is 8.44. The first kappa shape index (κ1) is 15.2. The second-order valence-corrected chi connectivity index (χ2v) is 6.29. The van der Waals surface area contributed by atoms with Gasteiger partial charge in [0.05, 0.1) is 18.6 Å². The zero-order valence-electron chi connectivity index (χ0n) is 11.8. The van der Waals surface area contributed by atoms with Gasteiger partial charge < -0.3 is 15.2 Å². The van der Waals surface area contributed by atoms with Crippen molar-refractivity contribution in [3.63, 3.8) is 0 Å². The Bertz CT molecular complexity index is 578. The maximum Gasteiger partial charge on any atom is 0.160 e. The van der Waals surface area contributed by atoms with E-state index in [4.69, 9.17) is 26.8 Å². The molecule has 0 aliphatic rings. The highest BCUT2D eigenvalue weighted by Gasteiger charge is 2.13. The minimum Gasteiger partial charge on any atom is -0.493 e. The molecular formula is C15H18ClNO2S. The van der Waals surface area contributed by atoms with Crippen molar-refractivity contribution >= 4 is 22.9 Å². The van der Waals surface area contributed by atoms with Gasteiger partial charge in [-0.3, -0.25) is 0 Å². The summed E-state index contributed by atoms with van der Waals surface area (Å²) in [5.74, 6) is 1.44. The molecule has 0 saturated carbocycles. The van der Waals surface area contributed by atoms with Gasteiger partial charge in [0.1, 0.15) is 0 Å². The molecule has 3 nitrogen and oxygen atoms in total. The maximum atomic E-state index is 6.25. The first-order valence-electron chi connectivity index (χ1n) is 6.27. The van der Waals surface area contributed by atoms with Crippen LogP contribution in [-0.2, 0) is 6.42 Å². The van der Waals surface area contributed by atoms with Crippen molar-refractivity contribution in [2.45, 2.75) is 19.4 Å². The topological polar surface area (TPSA) is 44.5 Å². The molecule has 0 spiro atoms. The van der Waals surface area contributed by atoms with E-state index in [2.05, 4.69) is 6.07 Å². The third-order valence-corrected chi connectivity index (χ3v) is 4.83. The van der Waals surface area contributed by atoms with E-state index >= 15 is 0 Å². The standard InChI is InChI=1S/C15H18ClNO2S/c1-9-6-14(20-15(9)16)11(17)7-10-4-5-12(18-2)13(8-10)19-3/h4-6,8,11H,7,17H2,1-3H3. The van der Waals surface area contributed by atoms with Gasteiger partial charge in [-0.15, -0.1) is 11.3 Å².